The van der Waals surface area contributed by atoms with Crippen LogP contribution in [0.15, 0.2) is 48.5 Å². The summed E-state index contributed by atoms with van der Waals surface area (Å²) in [4.78, 5) is 44.6. The Labute approximate surface area is 232 Å². The van der Waals surface area contributed by atoms with Crippen LogP contribution in [0.2, 0.25) is 0 Å². The van der Waals surface area contributed by atoms with Gasteiger partial charge in [0.25, 0.3) is 5.91 Å². The summed E-state index contributed by atoms with van der Waals surface area (Å²) in [6.45, 7) is 10.8. The van der Waals surface area contributed by atoms with Gasteiger partial charge >= 0.3 is 0 Å². The Kier molecular flexibility index (Phi) is 8.08. The van der Waals surface area contributed by atoms with Crippen molar-refractivity contribution in [3.63, 3.8) is 0 Å². The summed E-state index contributed by atoms with van der Waals surface area (Å²) < 4.78 is 0. The first-order valence-electron chi connectivity index (χ1n) is 14.4. The number of rotatable bonds is 7. The van der Waals surface area contributed by atoms with Crippen molar-refractivity contribution in [1.29, 1.82) is 0 Å². The van der Waals surface area contributed by atoms with Gasteiger partial charge in [-0.2, -0.15) is 0 Å². The van der Waals surface area contributed by atoms with Gasteiger partial charge in [0.2, 0.25) is 11.8 Å². The second kappa shape index (κ2) is 11.5. The lowest BCUT2D eigenvalue weighted by Gasteiger charge is -2.43. The van der Waals surface area contributed by atoms with E-state index in [0.717, 1.165) is 55.8 Å². The lowest BCUT2D eigenvalue weighted by molar-refractivity contribution is -0.137. The van der Waals surface area contributed by atoms with Gasteiger partial charge in [-0.1, -0.05) is 48.5 Å². The fourth-order valence-electron chi connectivity index (χ4n) is 7.38. The second-order valence-electron chi connectivity index (χ2n) is 12.0. The van der Waals surface area contributed by atoms with Crippen LogP contribution >= 0.6 is 0 Å². The number of amides is 3. The molecule has 0 radical (unpaired) electrons. The zero-order valence-electron chi connectivity index (χ0n) is 23.5. The van der Waals surface area contributed by atoms with E-state index in [0.29, 0.717) is 31.2 Å². The standard InChI is InChI=1S/C32H42N4O3/c1-21-8-7-9-22(2)30(21)32(39)35-19-26-17-34(18-27(26)20-35)14-13-28(24-10-5-4-6-11-24)29-16-25(31(33)38)12-15-36(29)23(3)37/h4-11,25-29H,12-20H2,1-3H3,(H2,33,38)/t25?,26?,27?,28-,29?/m0/s1. The number of hydrogen-bond donors (Lipinski definition) is 1. The quantitative estimate of drug-likeness (QED) is 0.593. The summed E-state index contributed by atoms with van der Waals surface area (Å²) in [5.74, 6) is 0.909. The fraction of sp³-hybridized carbons (Fsp3) is 0.531. The van der Waals surface area contributed by atoms with Crippen LogP contribution in [-0.4, -0.2) is 77.7 Å². The highest BCUT2D eigenvalue weighted by Gasteiger charge is 2.43. The summed E-state index contributed by atoms with van der Waals surface area (Å²) in [5, 5.41) is 0. The number of primary amides is 1. The number of benzene rings is 2. The van der Waals surface area contributed by atoms with E-state index in [-0.39, 0.29) is 35.6 Å². The molecular formula is C32H42N4O3. The van der Waals surface area contributed by atoms with Crippen LogP contribution in [0.1, 0.15) is 59.2 Å². The van der Waals surface area contributed by atoms with Crippen molar-refractivity contribution < 1.29 is 14.4 Å². The molecule has 3 saturated heterocycles. The molecule has 3 fully saturated rings. The predicted octanol–water partition coefficient (Wildman–Crippen LogP) is 3.59. The molecule has 2 aromatic carbocycles. The normalized spacial score (nSPS) is 25.9. The van der Waals surface area contributed by atoms with Crippen molar-refractivity contribution in [2.24, 2.45) is 23.5 Å². The molecule has 0 bridgehead atoms. The maximum absolute atomic E-state index is 13.4. The van der Waals surface area contributed by atoms with E-state index in [1.807, 2.05) is 43.0 Å². The Bertz CT molecular complexity index is 1180. The molecule has 0 aromatic heterocycles. The number of hydrogen-bond acceptors (Lipinski definition) is 4. The minimum Gasteiger partial charge on any atom is -0.369 e. The molecule has 3 aliphatic heterocycles. The number of carbonyl (C=O) groups is 3. The van der Waals surface area contributed by atoms with Crippen LogP contribution in [0, 0.1) is 31.6 Å². The molecule has 2 aromatic rings. The number of piperidine rings is 1. The summed E-state index contributed by atoms with van der Waals surface area (Å²) >= 11 is 0. The van der Waals surface area contributed by atoms with Crippen LogP contribution in [0.5, 0.6) is 0 Å². The van der Waals surface area contributed by atoms with E-state index in [1.165, 1.54) is 5.56 Å². The molecule has 0 saturated carbocycles. The highest BCUT2D eigenvalue weighted by Crippen LogP contribution is 2.37. The van der Waals surface area contributed by atoms with Crippen molar-refractivity contribution in [2.45, 2.75) is 52.0 Å². The van der Waals surface area contributed by atoms with Gasteiger partial charge in [-0.15, -0.1) is 0 Å². The Morgan fingerprint density at radius 1 is 0.923 bits per heavy atom. The summed E-state index contributed by atoms with van der Waals surface area (Å²) in [5.41, 5.74) is 9.89. The van der Waals surface area contributed by atoms with Crippen LogP contribution in [0.3, 0.4) is 0 Å². The summed E-state index contributed by atoms with van der Waals surface area (Å²) in [7, 11) is 0. The monoisotopic (exact) mass is 530 g/mol. The lowest BCUT2D eigenvalue weighted by Crippen LogP contribution is -2.50. The van der Waals surface area contributed by atoms with Gasteiger partial charge in [-0.25, -0.2) is 0 Å². The van der Waals surface area contributed by atoms with Crippen LogP contribution in [-0.2, 0) is 9.59 Å². The van der Waals surface area contributed by atoms with E-state index >= 15 is 0 Å². The van der Waals surface area contributed by atoms with Gasteiger partial charge in [0.1, 0.15) is 0 Å². The van der Waals surface area contributed by atoms with Crippen molar-refractivity contribution in [3.05, 3.63) is 70.8 Å². The molecule has 3 amide bonds. The lowest BCUT2D eigenvalue weighted by atomic mass is 9.79. The first kappa shape index (κ1) is 27.4. The van der Waals surface area contributed by atoms with Gasteiger partial charge in [-0.05, 0) is 68.2 Å². The maximum atomic E-state index is 13.4. The van der Waals surface area contributed by atoms with Gasteiger partial charge in [0.05, 0.1) is 0 Å². The Morgan fingerprint density at radius 3 is 2.15 bits per heavy atom. The van der Waals surface area contributed by atoms with Crippen molar-refractivity contribution in [3.8, 4) is 0 Å². The summed E-state index contributed by atoms with van der Waals surface area (Å²) in [6.07, 6.45) is 2.17. The van der Waals surface area contributed by atoms with Crippen LogP contribution in [0.4, 0.5) is 0 Å². The molecule has 7 heteroatoms. The van der Waals surface area contributed by atoms with Crippen LogP contribution in [0.25, 0.3) is 0 Å². The smallest absolute Gasteiger partial charge is 0.254 e. The average molecular weight is 531 g/mol. The predicted molar refractivity (Wildman–Crippen MR) is 152 cm³/mol. The number of nitrogens with zero attached hydrogens (tertiary/aromatic N) is 3. The molecule has 3 aliphatic rings. The minimum absolute atomic E-state index is 0.0382. The third-order valence-corrected chi connectivity index (χ3v) is 9.44. The molecule has 7 nitrogen and oxygen atoms in total. The zero-order valence-corrected chi connectivity index (χ0v) is 23.5. The van der Waals surface area contributed by atoms with E-state index in [1.54, 1.807) is 6.92 Å². The molecule has 3 heterocycles. The van der Waals surface area contributed by atoms with Crippen molar-refractivity contribution in [2.75, 3.05) is 39.3 Å². The second-order valence-corrected chi connectivity index (χ2v) is 12.0. The van der Waals surface area contributed by atoms with Gasteiger partial charge < -0.3 is 20.4 Å². The number of likely N-dealkylation sites (tertiary alicyclic amines) is 3. The molecule has 5 rings (SSSR count). The molecule has 208 valence electrons. The largest absolute Gasteiger partial charge is 0.369 e. The molecule has 0 aliphatic carbocycles. The molecule has 4 unspecified atom stereocenters. The van der Waals surface area contributed by atoms with E-state index in [2.05, 4.69) is 34.1 Å². The third-order valence-electron chi connectivity index (χ3n) is 9.44. The van der Waals surface area contributed by atoms with Crippen molar-refractivity contribution in [1.82, 2.24) is 14.7 Å². The Morgan fingerprint density at radius 2 is 1.56 bits per heavy atom. The highest BCUT2D eigenvalue weighted by atomic mass is 16.2. The number of fused-ring (bicyclic) bond motifs is 1. The molecule has 5 atom stereocenters. The maximum Gasteiger partial charge on any atom is 0.254 e. The van der Waals surface area contributed by atoms with E-state index in [4.69, 9.17) is 5.73 Å². The van der Waals surface area contributed by atoms with Gasteiger partial charge in [0.15, 0.2) is 0 Å². The van der Waals surface area contributed by atoms with Crippen molar-refractivity contribution >= 4 is 17.7 Å². The van der Waals surface area contributed by atoms with E-state index < -0.39 is 0 Å². The zero-order chi connectivity index (χ0) is 27.7. The molecule has 39 heavy (non-hydrogen) atoms. The number of carbonyl (C=O) groups excluding carboxylic acids is 3. The fourth-order valence-corrected chi connectivity index (χ4v) is 7.38. The highest BCUT2D eigenvalue weighted by molar-refractivity contribution is 5.97. The average Bonchev–Trinajstić information content (AvgIpc) is 3.48. The molecular weight excluding hydrogens is 488 g/mol. The minimum atomic E-state index is -0.262. The van der Waals surface area contributed by atoms with Gasteiger partial charge in [-0.3, -0.25) is 14.4 Å². The number of aryl methyl sites for hydroxylation is 2. The first-order chi connectivity index (χ1) is 18.7. The van der Waals surface area contributed by atoms with Gasteiger partial charge in [0, 0.05) is 63.1 Å². The van der Waals surface area contributed by atoms with E-state index in [9.17, 15) is 14.4 Å². The molecule has 2 N–H and O–H groups in total. The Hall–Kier alpha value is -3.19. The van der Waals surface area contributed by atoms with Crippen LogP contribution < -0.4 is 5.73 Å². The number of nitrogens with two attached hydrogens (primary N) is 1. The Balaban J connectivity index is 1.25. The third kappa shape index (κ3) is 5.74. The first-order valence-corrected chi connectivity index (χ1v) is 14.4. The SMILES string of the molecule is CC(=O)N1CCC(C(N)=O)CC1[C@@H](CCN1CC2CN(C(=O)c3c(C)cccc3C)CC2C1)c1ccccc1. The topological polar surface area (TPSA) is 86.9 Å². The molecule has 0 spiro atoms. The summed E-state index contributed by atoms with van der Waals surface area (Å²) in [6, 6.07) is 16.4.